The summed E-state index contributed by atoms with van der Waals surface area (Å²) in [4.78, 5) is 33.6. The van der Waals surface area contributed by atoms with Crippen molar-refractivity contribution >= 4 is 17.9 Å². The topological polar surface area (TPSA) is 147 Å². The molecule has 6 aliphatic heterocycles. The first-order valence-corrected chi connectivity index (χ1v) is 13.7. The maximum atomic E-state index is 11.3. The zero-order chi connectivity index (χ0) is 29.0. The largest absolute Gasteiger partial charge is 0.463 e. The number of hydrogen-bond acceptors (Lipinski definition) is 11. The second-order valence-electron chi connectivity index (χ2n) is 10.3. The molecule has 4 fully saturated rings. The minimum absolute atomic E-state index is 0.0498. The van der Waals surface area contributed by atoms with Gasteiger partial charge in [-0.25, -0.2) is 9.59 Å². The van der Waals surface area contributed by atoms with Crippen molar-refractivity contribution in [2.45, 2.75) is 95.5 Å². The number of aliphatic hydroxyl groups excluding tert-OH is 2. The molecule has 2 unspecified atom stereocenters. The summed E-state index contributed by atoms with van der Waals surface area (Å²) in [5.41, 5.74) is 0.881. The fourth-order valence-electron chi connectivity index (χ4n) is 5.33. The Hall–Kier alpha value is -2.83. The molecule has 40 heavy (non-hydrogen) atoms. The third-order valence-corrected chi connectivity index (χ3v) is 7.40. The van der Waals surface area contributed by atoms with E-state index in [-0.39, 0.29) is 66.6 Å². The average Bonchev–Trinajstić information content (AvgIpc) is 3.53. The van der Waals surface area contributed by atoms with Gasteiger partial charge in [-0.15, -0.1) is 0 Å². The van der Waals surface area contributed by atoms with Crippen molar-refractivity contribution in [1.82, 2.24) is 0 Å². The van der Waals surface area contributed by atoms with Gasteiger partial charge in [-0.2, -0.15) is 0 Å². The number of esters is 3. The van der Waals surface area contributed by atoms with Crippen molar-refractivity contribution in [2.24, 2.45) is 5.92 Å². The van der Waals surface area contributed by atoms with E-state index in [9.17, 15) is 24.6 Å². The van der Waals surface area contributed by atoms with Crippen LogP contribution in [0.2, 0.25) is 0 Å². The zero-order valence-electron chi connectivity index (χ0n) is 23.1. The highest BCUT2D eigenvalue weighted by molar-refractivity contribution is 5.93. The molecule has 4 saturated heterocycles. The van der Waals surface area contributed by atoms with Crippen molar-refractivity contribution in [3.63, 3.8) is 0 Å². The van der Waals surface area contributed by atoms with Crippen LogP contribution in [0.25, 0.3) is 0 Å². The van der Waals surface area contributed by atoms with E-state index in [2.05, 4.69) is 0 Å². The van der Waals surface area contributed by atoms with Gasteiger partial charge in [0.05, 0.1) is 17.1 Å². The first kappa shape index (κ1) is 30.1. The molecule has 0 aromatic rings. The molecular formula is C29H38O11. The molecule has 11 heteroatoms. The Morgan fingerprint density at radius 3 is 1.77 bits per heavy atom. The Labute approximate surface area is 233 Å². The molecule has 220 valence electrons. The number of carbonyl (C=O) groups excluding carboxylic acids is 3. The van der Waals surface area contributed by atoms with Gasteiger partial charge >= 0.3 is 17.9 Å². The predicted octanol–water partition coefficient (Wildman–Crippen LogP) is 1.46. The van der Waals surface area contributed by atoms with Gasteiger partial charge in [0.15, 0.2) is 0 Å². The average molecular weight is 563 g/mol. The normalized spacial score (nSPS) is 39.9. The summed E-state index contributed by atoms with van der Waals surface area (Å²) in [6.07, 6.45) is 8.69. The second-order valence-corrected chi connectivity index (χ2v) is 10.3. The molecular weight excluding hydrogens is 524 g/mol. The molecule has 10 atom stereocenters. The minimum atomic E-state index is -0.773. The van der Waals surface area contributed by atoms with Crippen LogP contribution in [0.4, 0.5) is 0 Å². The van der Waals surface area contributed by atoms with E-state index in [1.54, 1.807) is 26.0 Å². The Kier molecular flexibility index (Phi) is 9.96. The molecule has 0 aromatic heterocycles. The summed E-state index contributed by atoms with van der Waals surface area (Å²) < 4.78 is 31.4. The fraction of sp³-hybridized carbons (Fsp3) is 0.621. The maximum absolute atomic E-state index is 11.3. The van der Waals surface area contributed by atoms with Crippen molar-refractivity contribution in [2.75, 3.05) is 13.2 Å². The summed E-state index contributed by atoms with van der Waals surface area (Å²) in [6, 6.07) is 0. The smallest absolute Gasteiger partial charge is 0.336 e. The second kappa shape index (κ2) is 13.2. The van der Waals surface area contributed by atoms with E-state index in [4.69, 9.17) is 28.4 Å². The summed E-state index contributed by atoms with van der Waals surface area (Å²) in [6.45, 7) is 8.55. The highest BCUT2D eigenvalue weighted by Crippen LogP contribution is 2.32. The SMILES string of the molecule is C/C=C/[C@H]1O[C@@H]2C(=C[C@H]1O)C(=O)O[C@H]2C.C/C=C/[C@H]1O[C@H]2C(=C[C@H]1O)C(=O)O[C@H]2C.O=C1OCC2OCCCC12. The Bertz CT molecular complexity index is 1010. The number of aliphatic hydroxyl groups is 2. The number of carbonyl (C=O) groups is 3. The van der Waals surface area contributed by atoms with Crippen molar-refractivity contribution in [3.8, 4) is 0 Å². The van der Waals surface area contributed by atoms with Crippen LogP contribution in [-0.4, -0.2) is 96.3 Å². The van der Waals surface area contributed by atoms with Crippen molar-refractivity contribution in [1.29, 1.82) is 0 Å². The first-order valence-electron chi connectivity index (χ1n) is 13.7. The number of hydrogen-bond donors (Lipinski definition) is 2. The van der Waals surface area contributed by atoms with E-state index >= 15 is 0 Å². The predicted molar refractivity (Wildman–Crippen MR) is 140 cm³/mol. The summed E-state index contributed by atoms with van der Waals surface area (Å²) in [7, 11) is 0. The molecule has 0 bridgehead atoms. The highest BCUT2D eigenvalue weighted by Gasteiger charge is 2.44. The van der Waals surface area contributed by atoms with Gasteiger partial charge in [0, 0.05) is 6.61 Å². The standard InChI is InChI=1S/2C11H14O4.C7H10O3/c2*1-3-4-9-8(12)5-7-10(15-9)6(2)14-11(7)13;8-7-5-2-1-3-9-6(5)4-10-7/h2*3-6,8-10,12H,1-2H3;5-6H,1-4H2/b2*4-3+;/t6-,8+,9+,10+;6-,8+,9+,10-;/m00./s1. The zero-order valence-corrected chi connectivity index (χ0v) is 23.1. The highest BCUT2D eigenvalue weighted by atomic mass is 16.6. The number of cyclic esters (lactones) is 3. The van der Waals surface area contributed by atoms with E-state index in [1.165, 1.54) is 12.2 Å². The Morgan fingerprint density at radius 1 is 0.825 bits per heavy atom. The van der Waals surface area contributed by atoms with Gasteiger partial charge in [-0.3, -0.25) is 4.79 Å². The molecule has 0 amide bonds. The number of ether oxygens (including phenoxy) is 6. The Balaban J connectivity index is 0.000000142. The van der Waals surface area contributed by atoms with Gasteiger partial charge < -0.3 is 38.6 Å². The van der Waals surface area contributed by atoms with Gasteiger partial charge in [0.25, 0.3) is 0 Å². The molecule has 0 spiro atoms. The van der Waals surface area contributed by atoms with E-state index in [0.29, 0.717) is 17.8 Å². The van der Waals surface area contributed by atoms with Crippen LogP contribution in [-0.2, 0) is 42.8 Å². The van der Waals surface area contributed by atoms with Gasteiger partial charge in [-0.1, -0.05) is 24.3 Å². The fourth-order valence-corrected chi connectivity index (χ4v) is 5.33. The van der Waals surface area contributed by atoms with Gasteiger partial charge in [0.2, 0.25) is 0 Å². The van der Waals surface area contributed by atoms with Gasteiger partial charge in [0.1, 0.15) is 61.5 Å². The van der Waals surface area contributed by atoms with Crippen LogP contribution in [0.3, 0.4) is 0 Å². The lowest BCUT2D eigenvalue weighted by Crippen LogP contribution is -2.38. The lowest BCUT2D eigenvalue weighted by Gasteiger charge is -2.28. The lowest BCUT2D eigenvalue weighted by atomic mass is 9.97. The van der Waals surface area contributed by atoms with Crippen LogP contribution in [0.1, 0.15) is 40.5 Å². The molecule has 0 aliphatic carbocycles. The van der Waals surface area contributed by atoms with Crippen LogP contribution < -0.4 is 0 Å². The Morgan fingerprint density at radius 2 is 1.32 bits per heavy atom. The van der Waals surface area contributed by atoms with E-state index in [1.807, 2.05) is 26.0 Å². The third kappa shape index (κ3) is 6.55. The number of rotatable bonds is 2. The first-order chi connectivity index (χ1) is 19.1. The summed E-state index contributed by atoms with van der Waals surface area (Å²) >= 11 is 0. The van der Waals surface area contributed by atoms with Gasteiger partial charge in [-0.05, 0) is 52.7 Å². The van der Waals surface area contributed by atoms with Crippen LogP contribution in [0, 0.1) is 5.92 Å². The third-order valence-electron chi connectivity index (χ3n) is 7.40. The van der Waals surface area contributed by atoms with Crippen LogP contribution in [0.15, 0.2) is 47.6 Å². The summed E-state index contributed by atoms with van der Waals surface area (Å²) in [5, 5.41) is 19.4. The van der Waals surface area contributed by atoms with Crippen LogP contribution in [0.5, 0.6) is 0 Å². The molecule has 6 rings (SSSR count). The molecule has 0 aromatic carbocycles. The maximum Gasteiger partial charge on any atom is 0.336 e. The van der Waals surface area contributed by atoms with E-state index in [0.717, 1.165) is 19.4 Å². The minimum Gasteiger partial charge on any atom is -0.463 e. The van der Waals surface area contributed by atoms with Crippen LogP contribution >= 0.6 is 0 Å². The molecule has 0 radical (unpaired) electrons. The molecule has 6 heterocycles. The quantitative estimate of drug-likeness (QED) is 0.286. The molecule has 11 nitrogen and oxygen atoms in total. The van der Waals surface area contributed by atoms with Crippen molar-refractivity contribution < 1.29 is 53.0 Å². The van der Waals surface area contributed by atoms with E-state index < -0.39 is 12.2 Å². The number of allylic oxidation sites excluding steroid dienone is 2. The van der Waals surface area contributed by atoms with Crippen molar-refractivity contribution in [3.05, 3.63) is 47.6 Å². The summed E-state index contributed by atoms with van der Waals surface area (Å²) in [5.74, 6) is -0.783. The monoisotopic (exact) mass is 562 g/mol. The molecule has 0 saturated carbocycles. The molecule has 6 aliphatic rings. The number of fused-ring (bicyclic) bond motifs is 3. The lowest BCUT2D eigenvalue weighted by molar-refractivity contribution is -0.142. The molecule has 2 N–H and O–H groups in total.